The molecule has 1 aromatic rings. The lowest BCUT2D eigenvalue weighted by Gasteiger charge is -2.38. The van der Waals surface area contributed by atoms with Crippen LogP contribution in [-0.4, -0.2) is 25.2 Å². The van der Waals surface area contributed by atoms with Crippen molar-refractivity contribution in [3.8, 4) is 0 Å². The summed E-state index contributed by atoms with van der Waals surface area (Å²) in [6.45, 7) is 26.3. The number of ether oxygens (including phenoxy) is 1. The van der Waals surface area contributed by atoms with Crippen LogP contribution in [0, 0.1) is 6.92 Å². The van der Waals surface area contributed by atoms with Crippen LogP contribution in [0.4, 0.5) is 0 Å². The number of allylic oxidation sites excluding steroid dienone is 1. The van der Waals surface area contributed by atoms with E-state index in [2.05, 4.69) is 97.5 Å². The van der Waals surface area contributed by atoms with E-state index < -0.39 is 25.2 Å². The molecular weight excluding hydrogens is 433 g/mol. The van der Waals surface area contributed by atoms with Crippen molar-refractivity contribution in [3.05, 3.63) is 52.4 Å². The number of hydrogen-bond acceptors (Lipinski definition) is 3. The largest absolute Gasteiger partial charge is 0.493 e. The summed E-state index contributed by atoms with van der Waals surface area (Å²) in [6.07, 6.45) is 2.18. The molecule has 184 valence electrons. The molecule has 0 N–H and O–H groups in total. The fourth-order valence-corrected chi connectivity index (χ4v) is 14.0. The van der Waals surface area contributed by atoms with Crippen molar-refractivity contribution < 1.29 is 13.0 Å². The molecule has 0 aromatic heterocycles. The van der Waals surface area contributed by atoms with Gasteiger partial charge in [-0.15, -0.1) is 0 Å². The van der Waals surface area contributed by atoms with Crippen molar-refractivity contribution in [1.82, 2.24) is 0 Å². The van der Waals surface area contributed by atoms with E-state index in [0.29, 0.717) is 12.0 Å². The first-order valence-electron chi connectivity index (χ1n) is 9.58. The molecule has 0 heterocycles. The van der Waals surface area contributed by atoms with Crippen molar-refractivity contribution in [2.45, 2.75) is 103 Å². The van der Waals surface area contributed by atoms with Crippen LogP contribution >= 0.6 is 0 Å². The van der Waals surface area contributed by atoms with Gasteiger partial charge in [-0.1, -0.05) is 66.1 Å². The smallest absolute Gasteiger partial charge is 0.384 e. The zero-order valence-electron chi connectivity index (χ0n) is 18.9. The average Bonchev–Trinajstić information content (AvgIpc) is 2.41. The van der Waals surface area contributed by atoms with Gasteiger partial charge in [0.2, 0.25) is 0 Å². The number of aryl methyl sites for hydroxylation is 1. The normalized spacial score (nSPS) is 11.0. The minimum absolute atomic E-state index is 0. The van der Waals surface area contributed by atoms with E-state index >= 15 is 0 Å². The zero-order chi connectivity index (χ0) is 21.0. The van der Waals surface area contributed by atoms with Gasteiger partial charge in [0.1, 0.15) is 12.0 Å². The molecule has 31 heavy (non-hydrogen) atoms. The highest BCUT2D eigenvalue weighted by atomic mass is 28.5. The van der Waals surface area contributed by atoms with E-state index in [9.17, 15) is 0 Å². The molecule has 0 unspecified atom stereocenters. The van der Waals surface area contributed by atoms with E-state index in [1.807, 2.05) is 0 Å². The molecule has 0 radical (unpaired) electrons. The van der Waals surface area contributed by atoms with Crippen LogP contribution < -0.4 is 0 Å². The fraction of sp³-hybridized carbons (Fsp3) is 0.600. The lowest BCUT2D eigenvalue weighted by Crippen LogP contribution is -2.54. The third-order valence-electron chi connectivity index (χ3n) is 3.73. The summed E-state index contributed by atoms with van der Waals surface area (Å²) in [6, 6.07) is 6.46. The Balaban J connectivity index is -0.000000911. The van der Waals surface area contributed by atoms with Gasteiger partial charge in [0.05, 0.1) is 0 Å². The Morgan fingerprint density at radius 3 is 1.68 bits per heavy atom. The van der Waals surface area contributed by atoms with E-state index in [-0.39, 0.29) is 29.7 Å². The van der Waals surface area contributed by atoms with Crippen LogP contribution in [0.1, 0.15) is 60.2 Å². The first kappa shape index (κ1) is 37.4. The van der Waals surface area contributed by atoms with Crippen molar-refractivity contribution in [3.63, 3.8) is 0 Å². The molecule has 0 bridgehead atoms. The molecule has 0 fully saturated rings. The molecule has 0 aliphatic rings. The van der Waals surface area contributed by atoms with Gasteiger partial charge in [-0.25, -0.2) is 0 Å². The summed E-state index contributed by atoms with van der Waals surface area (Å²) in [4.78, 5) is 0. The van der Waals surface area contributed by atoms with Gasteiger partial charge in [-0.05, 0) is 83.3 Å². The average molecular weight is 487 g/mol. The minimum atomic E-state index is -2.63. The Hall–Kier alpha value is -0.929. The summed E-state index contributed by atoms with van der Waals surface area (Å²) in [5.41, 5.74) is 4.90. The molecule has 0 saturated carbocycles. The highest BCUT2D eigenvalue weighted by molar-refractivity contribution is 6.90. The molecule has 0 aliphatic carbocycles. The van der Waals surface area contributed by atoms with Crippen LogP contribution in [0.25, 0.3) is 6.08 Å². The third-order valence-corrected chi connectivity index (χ3v) is 12.9. The summed E-state index contributed by atoms with van der Waals surface area (Å²) in [5.74, 6) is 0. The SMILES string of the molecule is C.C.C.C.C=C(OCc1ccc(C=C(C)C)cc1C)[Si](C)(O[Si](C)(C)C)O[Si](C)(C)C. The molecular formula is C25H54O3Si3. The van der Waals surface area contributed by atoms with Gasteiger partial charge in [-0.3, -0.25) is 0 Å². The van der Waals surface area contributed by atoms with Gasteiger partial charge in [0.25, 0.3) is 0 Å². The highest BCUT2D eigenvalue weighted by Gasteiger charge is 2.44. The third kappa shape index (κ3) is 14.0. The topological polar surface area (TPSA) is 27.7 Å². The summed E-state index contributed by atoms with van der Waals surface area (Å²) in [5, 5.41) is 0.681. The predicted molar refractivity (Wildman–Crippen MR) is 152 cm³/mol. The molecule has 0 amide bonds. The summed E-state index contributed by atoms with van der Waals surface area (Å²) < 4.78 is 19.1. The summed E-state index contributed by atoms with van der Waals surface area (Å²) in [7, 11) is -6.20. The van der Waals surface area contributed by atoms with Gasteiger partial charge >= 0.3 is 8.56 Å². The van der Waals surface area contributed by atoms with E-state index in [1.54, 1.807) is 0 Å². The quantitative estimate of drug-likeness (QED) is 0.257. The Morgan fingerprint density at radius 1 is 0.871 bits per heavy atom. The molecule has 6 heteroatoms. The lowest BCUT2D eigenvalue weighted by molar-refractivity contribution is 0.198. The first-order chi connectivity index (χ1) is 12.1. The van der Waals surface area contributed by atoms with Crippen LogP contribution in [0.2, 0.25) is 45.8 Å². The molecule has 3 nitrogen and oxygen atoms in total. The van der Waals surface area contributed by atoms with Gasteiger partial charge in [-0.2, -0.15) is 0 Å². The van der Waals surface area contributed by atoms with E-state index in [0.717, 1.165) is 0 Å². The molecule has 0 aliphatic heterocycles. The lowest BCUT2D eigenvalue weighted by atomic mass is 10.0. The fourth-order valence-electron chi connectivity index (χ4n) is 2.90. The van der Waals surface area contributed by atoms with E-state index in [1.165, 1.54) is 22.3 Å². The second kappa shape index (κ2) is 14.3. The maximum atomic E-state index is 6.50. The van der Waals surface area contributed by atoms with Crippen LogP contribution in [0.5, 0.6) is 0 Å². The van der Waals surface area contributed by atoms with Crippen molar-refractivity contribution in [1.29, 1.82) is 0 Å². The van der Waals surface area contributed by atoms with Crippen LogP contribution in [0.15, 0.2) is 35.7 Å². The predicted octanol–water partition coefficient (Wildman–Crippen LogP) is 9.31. The Kier molecular flexibility index (Phi) is 17.2. The Morgan fingerprint density at radius 2 is 1.32 bits per heavy atom. The number of rotatable bonds is 9. The summed E-state index contributed by atoms with van der Waals surface area (Å²) >= 11 is 0. The van der Waals surface area contributed by atoms with Crippen LogP contribution in [-0.2, 0) is 19.6 Å². The first-order valence-corrected chi connectivity index (χ1v) is 18.7. The van der Waals surface area contributed by atoms with Gasteiger partial charge < -0.3 is 13.0 Å². The second-order valence-corrected chi connectivity index (χ2v) is 22.0. The number of hydrogen-bond donors (Lipinski definition) is 0. The maximum Gasteiger partial charge on any atom is 0.384 e. The molecule has 0 saturated heterocycles. The van der Waals surface area contributed by atoms with Gasteiger partial charge in [0, 0.05) is 0 Å². The maximum absolute atomic E-state index is 6.50. The number of benzene rings is 1. The molecule has 1 rings (SSSR count). The van der Waals surface area contributed by atoms with Crippen molar-refractivity contribution >= 4 is 31.3 Å². The Labute approximate surface area is 199 Å². The molecule has 0 spiro atoms. The van der Waals surface area contributed by atoms with Crippen molar-refractivity contribution in [2.24, 2.45) is 0 Å². The zero-order valence-corrected chi connectivity index (χ0v) is 21.9. The standard InChI is InChI=1S/C21H38O3Si3.4CH4/c1-17(2)14-20-12-13-21(18(3)15-20)16-22-19(4)27(11,23-25(5,6)7)24-26(8,9)10;;;;/h12-15H,4,16H2,1-3,5-11H3;4*1H4. The molecule has 0 atom stereocenters. The van der Waals surface area contributed by atoms with E-state index in [4.69, 9.17) is 13.0 Å². The van der Waals surface area contributed by atoms with Gasteiger partial charge in [0.15, 0.2) is 16.6 Å². The van der Waals surface area contributed by atoms with Crippen molar-refractivity contribution in [2.75, 3.05) is 0 Å². The second-order valence-electron chi connectivity index (χ2n) is 9.49. The molecule has 1 aromatic carbocycles. The van der Waals surface area contributed by atoms with Crippen LogP contribution in [0.3, 0.4) is 0 Å². The minimum Gasteiger partial charge on any atom is -0.493 e. The Bertz CT molecular complexity index is 679. The highest BCUT2D eigenvalue weighted by Crippen LogP contribution is 2.28. The monoisotopic (exact) mass is 486 g/mol.